The molecule has 1 saturated carbocycles. The summed E-state index contributed by atoms with van der Waals surface area (Å²) in [6.45, 7) is 3.93. The van der Waals surface area contributed by atoms with Gasteiger partial charge in [-0.15, -0.1) is 0 Å². The lowest BCUT2D eigenvalue weighted by Gasteiger charge is -2.23. The average Bonchev–Trinajstić information content (AvgIpc) is 3.08. The van der Waals surface area contributed by atoms with E-state index >= 15 is 0 Å². The van der Waals surface area contributed by atoms with Crippen LogP contribution in [0, 0.1) is 11.2 Å². The van der Waals surface area contributed by atoms with E-state index in [0.29, 0.717) is 12.1 Å². The minimum atomic E-state index is -1.31. The third kappa shape index (κ3) is 3.65. The first kappa shape index (κ1) is 15.4. The second-order valence-electron chi connectivity index (χ2n) is 6.66. The van der Waals surface area contributed by atoms with E-state index < -0.39 is 17.8 Å². The summed E-state index contributed by atoms with van der Waals surface area (Å²) in [6.07, 6.45) is 3.47. The summed E-state index contributed by atoms with van der Waals surface area (Å²) in [7, 11) is 0. The Kier molecular flexibility index (Phi) is 4.45. The number of nitrogens with zero attached hydrogens (tertiary/aromatic N) is 1. The first-order valence-electron chi connectivity index (χ1n) is 8.02. The maximum Gasteiger partial charge on any atom is 0.253 e. The first-order chi connectivity index (χ1) is 10.6. The minimum absolute atomic E-state index is 0.182. The quantitative estimate of drug-likeness (QED) is 0.843. The Bertz CT molecular complexity index is 539. The van der Waals surface area contributed by atoms with E-state index in [9.17, 15) is 14.3 Å². The molecule has 0 aromatic heterocycles. The van der Waals surface area contributed by atoms with Crippen molar-refractivity contribution in [1.29, 1.82) is 0 Å². The van der Waals surface area contributed by atoms with E-state index in [0.717, 1.165) is 32.5 Å². The molecule has 1 aliphatic carbocycles. The first-order valence-corrected chi connectivity index (χ1v) is 8.02. The molecule has 2 N–H and O–H groups in total. The summed E-state index contributed by atoms with van der Waals surface area (Å²) in [5.74, 6) is -0.893. The fourth-order valence-corrected chi connectivity index (χ4v) is 3.18. The molecule has 0 bridgehead atoms. The van der Waals surface area contributed by atoms with Crippen LogP contribution in [0.3, 0.4) is 0 Å². The summed E-state index contributed by atoms with van der Waals surface area (Å²) in [5, 5.41) is 12.9. The zero-order chi connectivity index (χ0) is 15.6. The van der Waals surface area contributed by atoms with E-state index in [-0.39, 0.29) is 5.41 Å². The van der Waals surface area contributed by atoms with E-state index in [2.05, 4.69) is 10.2 Å². The van der Waals surface area contributed by atoms with Crippen molar-refractivity contribution in [3.63, 3.8) is 0 Å². The fourth-order valence-electron chi connectivity index (χ4n) is 3.18. The van der Waals surface area contributed by atoms with Crippen LogP contribution >= 0.6 is 0 Å². The molecule has 3 rings (SSSR count). The normalized spacial score (nSPS) is 21.5. The maximum absolute atomic E-state index is 13.2. The zero-order valence-electron chi connectivity index (χ0n) is 12.7. The van der Waals surface area contributed by atoms with Crippen molar-refractivity contribution in [3.8, 4) is 0 Å². The summed E-state index contributed by atoms with van der Waals surface area (Å²) in [4.78, 5) is 14.5. The molecular formula is C17H23FN2O2. The van der Waals surface area contributed by atoms with Gasteiger partial charge in [0, 0.05) is 18.5 Å². The molecule has 4 nitrogen and oxygen atoms in total. The van der Waals surface area contributed by atoms with Crippen LogP contribution in [0.4, 0.5) is 4.39 Å². The van der Waals surface area contributed by atoms with Crippen molar-refractivity contribution in [2.75, 3.05) is 26.2 Å². The van der Waals surface area contributed by atoms with Crippen LogP contribution in [-0.2, 0) is 4.79 Å². The summed E-state index contributed by atoms with van der Waals surface area (Å²) >= 11 is 0. The lowest BCUT2D eigenvalue weighted by atomic mass is 10.1. The van der Waals surface area contributed by atoms with Crippen LogP contribution in [0.2, 0.25) is 0 Å². The van der Waals surface area contributed by atoms with Crippen molar-refractivity contribution in [3.05, 3.63) is 35.6 Å². The smallest absolute Gasteiger partial charge is 0.253 e. The maximum atomic E-state index is 13.2. The lowest BCUT2D eigenvalue weighted by molar-refractivity contribution is -0.129. The third-order valence-electron chi connectivity index (χ3n) is 4.77. The Morgan fingerprint density at radius 3 is 2.73 bits per heavy atom. The minimum Gasteiger partial charge on any atom is -0.378 e. The van der Waals surface area contributed by atoms with Crippen molar-refractivity contribution in [2.24, 2.45) is 5.41 Å². The number of benzene rings is 1. The van der Waals surface area contributed by atoms with Gasteiger partial charge in [0.1, 0.15) is 5.82 Å². The summed E-state index contributed by atoms with van der Waals surface area (Å²) < 4.78 is 13.2. The number of aliphatic hydroxyl groups excluding tert-OH is 1. The van der Waals surface area contributed by atoms with Crippen molar-refractivity contribution >= 4 is 5.91 Å². The SMILES string of the molecule is O=C(NCC1(CN2CCCC2)CC1)[C@@H](O)c1cccc(F)c1. The van der Waals surface area contributed by atoms with Crippen molar-refractivity contribution < 1.29 is 14.3 Å². The van der Waals surface area contributed by atoms with E-state index in [1.165, 1.54) is 31.0 Å². The summed E-state index contributed by atoms with van der Waals surface area (Å²) in [6, 6.07) is 5.55. The van der Waals surface area contributed by atoms with E-state index in [1.807, 2.05) is 0 Å². The van der Waals surface area contributed by atoms with Gasteiger partial charge in [0.15, 0.2) is 6.10 Å². The molecule has 1 amide bonds. The van der Waals surface area contributed by atoms with Gasteiger partial charge in [-0.25, -0.2) is 4.39 Å². The Morgan fingerprint density at radius 2 is 2.09 bits per heavy atom. The van der Waals surface area contributed by atoms with Crippen LogP contribution in [0.5, 0.6) is 0 Å². The zero-order valence-corrected chi connectivity index (χ0v) is 12.7. The van der Waals surface area contributed by atoms with Crippen molar-refractivity contribution in [1.82, 2.24) is 10.2 Å². The summed E-state index contributed by atoms with van der Waals surface area (Å²) in [5.41, 5.74) is 0.476. The van der Waals surface area contributed by atoms with E-state index in [4.69, 9.17) is 0 Å². The van der Waals surface area contributed by atoms with Gasteiger partial charge in [-0.05, 0) is 56.5 Å². The molecule has 0 spiro atoms. The number of amides is 1. The van der Waals surface area contributed by atoms with Crippen LogP contribution in [-0.4, -0.2) is 42.1 Å². The Labute approximate surface area is 130 Å². The molecule has 1 heterocycles. The lowest BCUT2D eigenvalue weighted by Crippen LogP contribution is -2.39. The molecule has 120 valence electrons. The molecule has 0 unspecified atom stereocenters. The number of rotatable bonds is 6. The number of carbonyl (C=O) groups is 1. The third-order valence-corrected chi connectivity index (χ3v) is 4.77. The topological polar surface area (TPSA) is 52.6 Å². The number of likely N-dealkylation sites (tertiary alicyclic amines) is 1. The molecule has 2 aliphatic rings. The largest absolute Gasteiger partial charge is 0.378 e. The molecule has 5 heteroatoms. The highest BCUT2D eigenvalue weighted by Crippen LogP contribution is 2.46. The molecule has 1 aromatic rings. The predicted molar refractivity (Wildman–Crippen MR) is 81.7 cm³/mol. The number of carbonyl (C=O) groups excluding carboxylic acids is 1. The van der Waals surface area contributed by atoms with Gasteiger partial charge < -0.3 is 15.3 Å². The fraction of sp³-hybridized carbons (Fsp3) is 0.588. The van der Waals surface area contributed by atoms with Gasteiger partial charge in [-0.1, -0.05) is 12.1 Å². The highest BCUT2D eigenvalue weighted by Gasteiger charge is 2.44. The molecule has 22 heavy (non-hydrogen) atoms. The second kappa shape index (κ2) is 6.34. The van der Waals surface area contributed by atoms with Gasteiger partial charge in [-0.3, -0.25) is 4.79 Å². The highest BCUT2D eigenvalue weighted by atomic mass is 19.1. The van der Waals surface area contributed by atoms with Crippen molar-refractivity contribution in [2.45, 2.75) is 31.8 Å². The number of hydrogen-bond donors (Lipinski definition) is 2. The number of aliphatic hydroxyl groups is 1. The Balaban J connectivity index is 1.51. The molecule has 1 aromatic carbocycles. The van der Waals surface area contributed by atoms with Crippen LogP contribution in [0.15, 0.2) is 24.3 Å². The Morgan fingerprint density at radius 1 is 1.36 bits per heavy atom. The molecule has 1 saturated heterocycles. The van der Waals surface area contributed by atoms with Gasteiger partial charge >= 0.3 is 0 Å². The molecule has 1 atom stereocenters. The van der Waals surface area contributed by atoms with Crippen LogP contribution in [0.25, 0.3) is 0 Å². The second-order valence-corrected chi connectivity index (χ2v) is 6.66. The van der Waals surface area contributed by atoms with Crippen LogP contribution in [0.1, 0.15) is 37.4 Å². The number of hydrogen-bond acceptors (Lipinski definition) is 3. The van der Waals surface area contributed by atoms with Crippen LogP contribution < -0.4 is 5.32 Å². The van der Waals surface area contributed by atoms with Gasteiger partial charge in [0.25, 0.3) is 5.91 Å². The highest BCUT2D eigenvalue weighted by molar-refractivity contribution is 5.81. The van der Waals surface area contributed by atoms with E-state index in [1.54, 1.807) is 6.07 Å². The molecule has 2 fully saturated rings. The van der Waals surface area contributed by atoms with Gasteiger partial charge in [-0.2, -0.15) is 0 Å². The number of nitrogens with one attached hydrogen (secondary N) is 1. The molecular weight excluding hydrogens is 283 g/mol. The standard InChI is InChI=1S/C17H23FN2O2/c18-14-5-3-4-13(10-14)15(21)16(22)19-11-17(6-7-17)12-20-8-1-2-9-20/h3-5,10,15,21H,1-2,6-9,11-12H2,(H,19,22)/t15-/m0/s1. The predicted octanol–water partition coefficient (Wildman–Crippen LogP) is 1.85. The molecule has 1 aliphatic heterocycles. The van der Waals surface area contributed by atoms with Gasteiger partial charge in [0.2, 0.25) is 0 Å². The average molecular weight is 306 g/mol. The molecule has 0 radical (unpaired) electrons. The number of halogens is 1. The van der Waals surface area contributed by atoms with Gasteiger partial charge in [0.05, 0.1) is 0 Å². The Hall–Kier alpha value is -1.46. The monoisotopic (exact) mass is 306 g/mol.